The van der Waals surface area contributed by atoms with Crippen molar-refractivity contribution < 1.29 is 9.53 Å². The van der Waals surface area contributed by atoms with E-state index in [1.165, 1.54) is 0 Å². The van der Waals surface area contributed by atoms with E-state index in [9.17, 15) is 4.79 Å². The molecule has 1 aliphatic heterocycles. The molecule has 23 heavy (non-hydrogen) atoms. The predicted octanol–water partition coefficient (Wildman–Crippen LogP) is 1.14. The Morgan fingerprint density at radius 1 is 1.39 bits per heavy atom. The Hall–Kier alpha value is -1.25. The molecule has 8 heteroatoms. The molecule has 1 saturated heterocycles. The van der Waals surface area contributed by atoms with Gasteiger partial charge in [-0.3, -0.25) is 0 Å². The summed E-state index contributed by atoms with van der Waals surface area (Å²) in [6, 6.07) is -0.0245. The topological polar surface area (TPSA) is 70.6 Å². The molecule has 130 valence electrons. The van der Waals surface area contributed by atoms with Crippen LogP contribution in [0.5, 0.6) is 0 Å². The van der Waals surface area contributed by atoms with Gasteiger partial charge in [-0.05, 0) is 33.9 Å². The number of carbonyl (C=O) groups is 1. The van der Waals surface area contributed by atoms with Gasteiger partial charge in [0.15, 0.2) is 0 Å². The van der Waals surface area contributed by atoms with Crippen LogP contribution in [0.15, 0.2) is 0 Å². The fourth-order valence-electron chi connectivity index (χ4n) is 2.46. The van der Waals surface area contributed by atoms with Crippen LogP contribution in [0, 0.1) is 6.92 Å². The second kappa shape index (κ2) is 9.14. The molecule has 1 aromatic heterocycles. The molecule has 1 unspecified atom stereocenters. The summed E-state index contributed by atoms with van der Waals surface area (Å²) in [7, 11) is 4.03. The first-order valence-electron chi connectivity index (χ1n) is 8.12. The Morgan fingerprint density at radius 3 is 2.83 bits per heavy atom. The molecule has 2 heterocycles. The molecule has 7 nitrogen and oxygen atoms in total. The maximum absolute atomic E-state index is 12.4. The number of rotatable bonds is 8. The average molecular weight is 341 g/mol. The molecule has 0 radical (unpaired) electrons. The first-order chi connectivity index (χ1) is 11.0. The third kappa shape index (κ3) is 6.40. The van der Waals surface area contributed by atoms with Gasteiger partial charge in [-0.25, -0.2) is 4.79 Å². The SMILES string of the molecule is Cc1nnc(CCNC(=O)N(CCN(C)C)CC2CCCO2)s1. The molecule has 1 aromatic rings. The molecule has 0 aliphatic carbocycles. The first kappa shape index (κ1) is 18.1. The molecule has 2 amide bonds. The first-order valence-corrected chi connectivity index (χ1v) is 8.94. The van der Waals surface area contributed by atoms with Crippen molar-refractivity contribution in [2.75, 3.05) is 46.9 Å². The van der Waals surface area contributed by atoms with E-state index in [1.54, 1.807) is 11.3 Å². The normalized spacial score (nSPS) is 17.7. The van der Waals surface area contributed by atoms with Crippen molar-refractivity contribution in [1.29, 1.82) is 0 Å². The van der Waals surface area contributed by atoms with E-state index >= 15 is 0 Å². The summed E-state index contributed by atoms with van der Waals surface area (Å²) in [5.41, 5.74) is 0. The van der Waals surface area contributed by atoms with Crippen LogP contribution in [0.3, 0.4) is 0 Å². The summed E-state index contributed by atoms with van der Waals surface area (Å²) >= 11 is 1.57. The number of hydrogen-bond acceptors (Lipinski definition) is 6. The minimum absolute atomic E-state index is 0.0245. The van der Waals surface area contributed by atoms with Gasteiger partial charge < -0.3 is 19.9 Å². The number of aryl methyl sites for hydroxylation is 1. The summed E-state index contributed by atoms with van der Waals surface area (Å²) in [6.07, 6.45) is 3.02. The monoisotopic (exact) mass is 341 g/mol. The van der Waals surface area contributed by atoms with E-state index in [-0.39, 0.29) is 12.1 Å². The second-order valence-electron chi connectivity index (χ2n) is 6.08. The molecular formula is C15H27N5O2S. The number of urea groups is 1. The zero-order valence-corrected chi connectivity index (χ0v) is 15.1. The van der Waals surface area contributed by atoms with Crippen LogP contribution in [-0.2, 0) is 11.2 Å². The zero-order chi connectivity index (χ0) is 16.7. The van der Waals surface area contributed by atoms with Crippen LogP contribution in [0.4, 0.5) is 4.79 Å². The molecule has 0 aromatic carbocycles. The number of likely N-dealkylation sites (N-methyl/N-ethyl adjacent to an activating group) is 1. The molecule has 0 saturated carbocycles. The highest BCUT2D eigenvalue weighted by atomic mass is 32.1. The van der Waals surface area contributed by atoms with Gasteiger partial charge in [-0.1, -0.05) is 0 Å². The van der Waals surface area contributed by atoms with Crippen LogP contribution in [0.25, 0.3) is 0 Å². The van der Waals surface area contributed by atoms with Gasteiger partial charge in [0.2, 0.25) is 0 Å². The van der Waals surface area contributed by atoms with Crippen LogP contribution >= 0.6 is 11.3 Å². The Kier molecular flexibility index (Phi) is 7.19. The van der Waals surface area contributed by atoms with E-state index in [0.29, 0.717) is 19.6 Å². The molecule has 2 rings (SSSR count). The van der Waals surface area contributed by atoms with Crippen molar-refractivity contribution in [3.05, 3.63) is 10.0 Å². The van der Waals surface area contributed by atoms with Gasteiger partial charge in [0, 0.05) is 39.2 Å². The maximum Gasteiger partial charge on any atom is 0.317 e. The Bertz CT molecular complexity index is 488. The lowest BCUT2D eigenvalue weighted by molar-refractivity contribution is 0.0796. The number of ether oxygens (including phenoxy) is 1. The summed E-state index contributed by atoms with van der Waals surface area (Å²) < 4.78 is 5.67. The lowest BCUT2D eigenvalue weighted by atomic mass is 10.2. The summed E-state index contributed by atoms with van der Waals surface area (Å²) in [4.78, 5) is 16.4. The van der Waals surface area contributed by atoms with E-state index in [0.717, 1.165) is 42.4 Å². The smallest absolute Gasteiger partial charge is 0.317 e. The summed E-state index contributed by atoms with van der Waals surface area (Å²) in [5.74, 6) is 0. The zero-order valence-electron chi connectivity index (χ0n) is 14.2. The van der Waals surface area contributed by atoms with Crippen molar-refractivity contribution >= 4 is 17.4 Å². The van der Waals surface area contributed by atoms with E-state index in [1.807, 2.05) is 25.9 Å². The number of nitrogens with zero attached hydrogens (tertiary/aromatic N) is 4. The van der Waals surface area contributed by atoms with Gasteiger partial charge in [-0.15, -0.1) is 21.5 Å². The average Bonchev–Trinajstić information content (AvgIpc) is 3.15. The van der Waals surface area contributed by atoms with E-state index in [4.69, 9.17) is 4.74 Å². The van der Waals surface area contributed by atoms with Gasteiger partial charge >= 0.3 is 6.03 Å². The number of nitrogens with one attached hydrogen (secondary N) is 1. The van der Waals surface area contributed by atoms with E-state index in [2.05, 4.69) is 20.4 Å². The third-order valence-electron chi connectivity index (χ3n) is 3.74. The van der Waals surface area contributed by atoms with Crippen LogP contribution in [-0.4, -0.2) is 79.0 Å². The number of amides is 2. The predicted molar refractivity (Wildman–Crippen MR) is 90.8 cm³/mol. The molecule has 0 spiro atoms. The number of hydrogen-bond donors (Lipinski definition) is 1. The Morgan fingerprint density at radius 2 is 2.22 bits per heavy atom. The molecule has 1 N–H and O–H groups in total. The fourth-order valence-corrected chi connectivity index (χ4v) is 3.17. The van der Waals surface area contributed by atoms with Crippen molar-refractivity contribution in [3.63, 3.8) is 0 Å². The lowest BCUT2D eigenvalue weighted by Gasteiger charge is -2.27. The van der Waals surface area contributed by atoms with Gasteiger partial charge in [-0.2, -0.15) is 0 Å². The maximum atomic E-state index is 12.4. The highest BCUT2D eigenvalue weighted by Crippen LogP contribution is 2.13. The third-order valence-corrected chi connectivity index (χ3v) is 4.63. The molecule has 0 bridgehead atoms. The number of carbonyl (C=O) groups excluding carboxylic acids is 1. The Labute approximate surface area is 142 Å². The lowest BCUT2D eigenvalue weighted by Crippen LogP contribution is -2.46. The van der Waals surface area contributed by atoms with Crippen LogP contribution < -0.4 is 5.32 Å². The quantitative estimate of drug-likeness (QED) is 0.768. The largest absolute Gasteiger partial charge is 0.376 e. The van der Waals surface area contributed by atoms with Crippen molar-refractivity contribution in [3.8, 4) is 0 Å². The van der Waals surface area contributed by atoms with Crippen molar-refractivity contribution in [2.24, 2.45) is 0 Å². The molecular weight excluding hydrogens is 314 g/mol. The minimum atomic E-state index is -0.0245. The van der Waals surface area contributed by atoms with Crippen LogP contribution in [0.2, 0.25) is 0 Å². The van der Waals surface area contributed by atoms with Crippen LogP contribution in [0.1, 0.15) is 22.9 Å². The molecule has 1 fully saturated rings. The second-order valence-corrected chi connectivity index (χ2v) is 7.35. The molecule has 1 atom stereocenters. The van der Waals surface area contributed by atoms with Crippen molar-refractivity contribution in [2.45, 2.75) is 32.3 Å². The van der Waals surface area contributed by atoms with Gasteiger partial charge in [0.05, 0.1) is 6.10 Å². The van der Waals surface area contributed by atoms with Gasteiger partial charge in [0.1, 0.15) is 10.0 Å². The van der Waals surface area contributed by atoms with Gasteiger partial charge in [0.25, 0.3) is 0 Å². The fraction of sp³-hybridized carbons (Fsp3) is 0.800. The Balaban J connectivity index is 1.79. The summed E-state index contributed by atoms with van der Waals surface area (Å²) in [5, 5.41) is 13.0. The van der Waals surface area contributed by atoms with Crippen molar-refractivity contribution in [1.82, 2.24) is 25.3 Å². The number of aromatic nitrogens is 2. The highest BCUT2D eigenvalue weighted by Gasteiger charge is 2.22. The minimum Gasteiger partial charge on any atom is -0.376 e. The molecule has 1 aliphatic rings. The van der Waals surface area contributed by atoms with E-state index < -0.39 is 0 Å². The summed E-state index contributed by atoms with van der Waals surface area (Å²) in [6.45, 7) is 5.54. The standard InChI is InChI=1S/C15H27N5O2S/c1-12-17-18-14(23-12)6-7-16-15(21)20(9-8-19(2)3)11-13-5-4-10-22-13/h13H,4-11H2,1-3H3,(H,16,21). The highest BCUT2D eigenvalue weighted by molar-refractivity contribution is 7.11.